The van der Waals surface area contributed by atoms with Crippen molar-refractivity contribution in [2.75, 3.05) is 24.5 Å². The molecule has 2 aromatic rings. The van der Waals surface area contributed by atoms with E-state index >= 15 is 0 Å². The lowest BCUT2D eigenvalue weighted by Gasteiger charge is -2.24. The molecule has 5 nitrogen and oxygen atoms in total. The third-order valence-electron chi connectivity index (χ3n) is 5.44. The van der Waals surface area contributed by atoms with Gasteiger partial charge in [-0.3, -0.25) is 9.69 Å². The summed E-state index contributed by atoms with van der Waals surface area (Å²) < 4.78 is 2.07. The predicted octanol–water partition coefficient (Wildman–Crippen LogP) is 2.36. The molecule has 1 atom stereocenters. The SMILES string of the molecule is Cc1cccc(N2C[C@]3(CCN(Cc4nccn4C)C3)CC2=O)c1. The van der Waals surface area contributed by atoms with Gasteiger partial charge in [0.2, 0.25) is 5.91 Å². The highest BCUT2D eigenvalue weighted by atomic mass is 16.2. The lowest BCUT2D eigenvalue weighted by Crippen LogP contribution is -2.31. The van der Waals surface area contributed by atoms with Gasteiger partial charge >= 0.3 is 0 Å². The number of anilines is 1. The fourth-order valence-corrected chi connectivity index (χ4v) is 4.11. The summed E-state index contributed by atoms with van der Waals surface area (Å²) in [7, 11) is 2.03. The highest BCUT2D eigenvalue weighted by Crippen LogP contribution is 2.42. The second kappa shape index (κ2) is 5.74. The van der Waals surface area contributed by atoms with Crippen molar-refractivity contribution in [3.8, 4) is 0 Å². The number of carbonyl (C=O) groups excluding carboxylic acids is 1. The standard InChI is InChI=1S/C19H24N4O/c1-15-4-3-5-16(10-15)23-14-19(11-18(23)24)6-8-22(13-19)12-17-20-7-9-21(17)2/h3-5,7,9-10H,6,8,11-14H2,1-2H3/t19-/m1/s1. The maximum Gasteiger partial charge on any atom is 0.227 e. The molecular weight excluding hydrogens is 300 g/mol. The summed E-state index contributed by atoms with van der Waals surface area (Å²) in [6.07, 6.45) is 5.59. The van der Waals surface area contributed by atoms with E-state index in [2.05, 4.69) is 33.5 Å². The number of aryl methyl sites for hydroxylation is 2. The van der Waals surface area contributed by atoms with E-state index in [1.165, 1.54) is 5.56 Å². The van der Waals surface area contributed by atoms with Gasteiger partial charge in [0.05, 0.1) is 6.54 Å². The Bertz CT molecular complexity index is 768. The van der Waals surface area contributed by atoms with Crippen molar-refractivity contribution in [3.63, 3.8) is 0 Å². The zero-order valence-corrected chi connectivity index (χ0v) is 14.4. The van der Waals surface area contributed by atoms with E-state index in [0.29, 0.717) is 6.42 Å². The van der Waals surface area contributed by atoms with Crippen molar-refractivity contribution >= 4 is 11.6 Å². The van der Waals surface area contributed by atoms with Gasteiger partial charge in [0, 0.05) is 50.1 Å². The molecule has 4 rings (SSSR count). The second-order valence-electron chi connectivity index (χ2n) is 7.41. The third-order valence-corrected chi connectivity index (χ3v) is 5.44. The highest BCUT2D eigenvalue weighted by Gasteiger charge is 2.47. The molecule has 1 aromatic carbocycles. The molecule has 3 heterocycles. The number of hydrogen-bond donors (Lipinski definition) is 0. The Kier molecular flexibility index (Phi) is 3.68. The van der Waals surface area contributed by atoms with Gasteiger partial charge < -0.3 is 9.47 Å². The van der Waals surface area contributed by atoms with E-state index in [9.17, 15) is 4.79 Å². The molecule has 24 heavy (non-hydrogen) atoms. The minimum atomic E-state index is 0.103. The molecule has 0 N–H and O–H groups in total. The van der Waals surface area contributed by atoms with E-state index in [1.54, 1.807) is 0 Å². The first-order valence-corrected chi connectivity index (χ1v) is 8.60. The molecule has 0 saturated carbocycles. The second-order valence-corrected chi connectivity index (χ2v) is 7.41. The molecule has 2 aliphatic heterocycles. The summed E-state index contributed by atoms with van der Waals surface area (Å²) in [4.78, 5) is 21.5. The molecule has 2 fully saturated rings. The van der Waals surface area contributed by atoms with Crippen LogP contribution in [0.25, 0.3) is 0 Å². The molecule has 0 aliphatic carbocycles. The zero-order valence-electron chi connectivity index (χ0n) is 14.4. The van der Waals surface area contributed by atoms with Crippen LogP contribution in [0.5, 0.6) is 0 Å². The van der Waals surface area contributed by atoms with Crippen LogP contribution in [0, 0.1) is 12.3 Å². The van der Waals surface area contributed by atoms with Crippen molar-refractivity contribution < 1.29 is 4.79 Å². The first-order valence-electron chi connectivity index (χ1n) is 8.60. The number of benzene rings is 1. The molecule has 1 amide bonds. The van der Waals surface area contributed by atoms with Crippen LogP contribution in [0.2, 0.25) is 0 Å². The fraction of sp³-hybridized carbons (Fsp3) is 0.474. The number of amides is 1. The molecule has 0 radical (unpaired) electrons. The van der Waals surface area contributed by atoms with Crippen LogP contribution in [0.4, 0.5) is 5.69 Å². The van der Waals surface area contributed by atoms with Gasteiger partial charge in [-0.2, -0.15) is 0 Å². The zero-order chi connectivity index (χ0) is 16.7. The van der Waals surface area contributed by atoms with E-state index in [-0.39, 0.29) is 11.3 Å². The average molecular weight is 324 g/mol. The van der Waals surface area contributed by atoms with Crippen molar-refractivity contribution in [2.24, 2.45) is 12.5 Å². The summed E-state index contributed by atoms with van der Waals surface area (Å²) in [5.74, 6) is 1.35. The van der Waals surface area contributed by atoms with Gasteiger partial charge in [-0.05, 0) is 37.6 Å². The number of carbonyl (C=O) groups is 1. The maximum atomic E-state index is 12.6. The summed E-state index contributed by atoms with van der Waals surface area (Å²) in [6.45, 7) is 5.80. The Balaban J connectivity index is 1.47. The van der Waals surface area contributed by atoms with Gasteiger partial charge in [0.25, 0.3) is 0 Å². The van der Waals surface area contributed by atoms with Crippen molar-refractivity contribution in [3.05, 3.63) is 48.0 Å². The van der Waals surface area contributed by atoms with Crippen LogP contribution in [0.3, 0.4) is 0 Å². The van der Waals surface area contributed by atoms with Crippen LogP contribution in [0.15, 0.2) is 36.7 Å². The maximum absolute atomic E-state index is 12.6. The van der Waals surface area contributed by atoms with Crippen LogP contribution in [0.1, 0.15) is 24.2 Å². The van der Waals surface area contributed by atoms with Gasteiger partial charge in [0.1, 0.15) is 5.82 Å². The lowest BCUT2D eigenvalue weighted by molar-refractivity contribution is -0.117. The van der Waals surface area contributed by atoms with E-state index < -0.39 is 0 Å². The Morgan fingerprint density at radius 2 is 2.17 bits per heavy atom. The van der Waals surface area contributed by atoms with Crippen LogP contribution in [-0.4, -0.2) is 40.0 Å². The first kappa shape index (κ1) is 15.4. The molecule has 2 saturated heterocycles. The predicted molar refractivity (Wildman–Crippen MR) is 93.7 cm³/mol. The number of imidazole rings is 1. The fourth-order valence-electron chi connectivity index (χ4n) is 4.11. The summed E-state index contributed by atoms with van der Waals surface area (Å²) in [6, 6.07) is 8.26. The van der Waals surface area contributed by atoms with Crippen molar-refractivity contribution in [1.29, 1.82) is 0 Å². The normalized spacial score (nSPS) is 24.4. The molecule has 1 aromatic heterocycles. The van der Waals surface area contributed by atoms with Gasteiger partial charge in [-0.25, -0.2) is 4.98 Å². The molecule has 126 valence electrons. The molecule has 1 spiro atoms. The average Bonchev–Trinajstić information content (AvgIpc) is 3.21. The third kappa shape index (κ3) is 2.73. The number of aromatic nitrogens is 2. The number of rotatable bonds is 3. The molecule has 5 heteroatoms. The van der Waals surface area contributed by atoms with E-state index in [4.69, 9.17) is 0 Å². The molecule has 0 bridgehead atoms. The quantitative estimate of drug-likeness (QED) is 0.870. The monoisotopic (exact) mass is 324 g/mol. The molecule has 0 unspecified atom stereocenters. The van der Waals surface area contributed by atoms with Crippen molar-refractivity contribution in [1.82, 2.24) is 14.5 Å². The van der Waals surface area contributed by atoms with Crippen LogP contribution in [-0.2, 0) is 18.4 Å². The molecule has 2 aliphatic rings. The van der Waals surface area contributed by atoms with Gasteiger partial charge in [0.15, 0.2) is 0 Å². The number of likely N-dealkylation sites (tertiary alicyclic amines) is 1. The smallest absolute Gasteiger partial charge is 0.227 e. The highest BCUT2D eigenvalue weighted by molar-refractivity contribution is 5.96. The summed E-state index contributed by atoms with van der Waals surface area (Å²) >= 11 is 0. The van der Waals surface area contributed by atoms with Crippen LogP contribution >= 0.6 is 0 Å². The van der Waals surface area contributed by atoms with Gasteiger partial charge in [-0.1, -0.05) is 12.1 Å². The lowest BCUT2D eigenvalue weighted by atomic mass is 9.86. The minimum Gasteiger partial charge on any atom is -0.337 e. The first-order chi connectivity index (χ1) is 11.5. The minimum absolute atomic E-state index is 0.103. The van der Waals surface area contributed by atoms with Crippen LogP contribution < -0.4 is 4.90 Å². The Morgan fingerprint density at radius 1 is 1.29 bits per heavy atom. The van der Waals surface area contributed by atoms with Gasteiger partial charge in [-0.15, -0.1) is 0 Å². The van der Waals surface area contributed by atoms with Crippen molar-refractivity contribution in [2.45, 2.75) is 26.3 Å². The number of nitrogens with zero attached hydrogens (tertiary/aromatic N) is 4. The van der Waals surface area contributed by atoms with E-state index in [0.717, 1.165) is 44.1 Å². The summed E-state index contributed by atoms with van der Waals surface area (Å²) in [5.41, 5.74) is 2.34. The largest absolute Gasteiger partial charge is 0.337 e. The van der Waals surface area contributed by atoms with E-state index in [1.807, 2.05) is 36.5 Å². The Labute approximate surface area is 142 Å². The Hall–Kier alpha value is -2.14. The number of hydrogen-bond acceptors (Lipinski definition) is 3. The Morgan fingerprint density at radius 3 is 2.92 bits per heavy atom. The summed E-state index contributed by atoms with van der Waals surface area (Å²) in [5, 5.41) is 0. The topological polar surface area (TPSA) is 41.4 Å². The molecular formula is C19H24N4O.